The Balaban J connectivity index is 0. The van der Waals surface area contributed by atoms with E-state index in [1.54, 1.807) is 8.87 Å². The van der Waals surface area contributed by atoms with Gasteiger partial charge in [0.25, 0.3) is 0 Å². The Kier molecular flexibility index (Phi) is 22.7. The van der Waals surface area contributed by atoms with Crippen LogP contribution in [0.4, 0.5) is 0 Å². The van der Waals surface area contributed by atoms with Crippen molar-refractivity contribution in [2.24, 2.45) is 5.92 Å². The summed E-state index contributed by atoms with van der Waals surface area (Å²) >= 11 is 0.149. The van der Waals surface area contributed by atoms with Gasteiger partial charge in [-0.2, -0.15) is 0 Å². The van der Waals surface area contributed by atoms with Crippen LogP contribution in [0.1, 0.15) is 91.9 Å². The molecule has 0 bridgehead atoms. The van der Waals surface area contributed by atoms with Crippen LogP contribution in [0.15, 0.2) is 0 Å². The van der Waals surface area contributed by atoms with E-state index in [2.05, 4.69) is 27.7 Å². The predicted molar refractivity (Wildman–Crippen MR) is 95.4 cm³/mol. The van der Waals surface area contributed by atoms with Crippen LogP contribution < -0.4 is 0 Å². The number of unbranched alkanes of at least 4 members (excludes halogenated alkanes) is 4. The molecule has 0 atom stereocenters. The Morgan fingerprint density at radius 1 is 0.810 bits per heavy atom. The molecule has 0 unspecified atom stereocenters. The molecule has 0 aromatic carbocycles. The third-order valence-corrected chi connectivity index (χ3v) is 7.61. The standard InChI is InChI=1S/C10H20O2.2C4H9.Sn/c1-3-5-7-9(10(11)12)8-6-4-2;2*1-3-4-2;/h9H,3-8H2,1-2H3,(H,11,12);2*1,3-4H2,2H3;. The van der Waals surface area contributed by atoms with Crippen molar-refractivity contribution in [2.45, 2.75) is 101 Å². The first-order valence-corrected chi connectivity index (χ1v) is 13.1. The number of hydrogen-bond donors (Lipinski definition) is 1. The summed E-state index contributed by atoms with van der Waals surface area (Å²) in [4.78, 5) is 10.7. The summed E-state index contributed by atoms with van der Waals surface area (Å²) in [5.41, 5.74) is 0. The monoisotopic (exact) mass is 406 g/mol. The molecule has 0 aliphatic rings. The van der Waals surface area contributed by atoms with Crippen molar-refractivity contribution in [3.63, 3.8) is 0 Å². The molecule has 0 heterocycles. The maximum atomic E-state index is 10.7. The summed E-state index contributed by atoms with van der Waals surface area (Å²) in [6.07, 6.45) is 11.8. The van der Waals surface area contributed by atoms with Crippen LogP contribution in [0, 0.1) is 5.92 Å². The molecule has 2 nitrogen and oxygen atoms in total. The second kappa shape index (κ2) is 20.3. The van der Waals surface area contributed by atoms with Crippen molar-refractivity contribution in [1.29, 1.82) is 0 Å². The van der Waals surface area contributed by atoms with E-state index in [4.69, 9.17) is 5.11 Å². The summed E-state index contributed by atoms with van der Waals surface area (Å²) < 4.78 is 3.25. The van der Waals surface area contributed by atoms with Crippen molar-refractivity contribution < 1.29 is 9.90 Å². The van der Waals surface area contributed by atoms with Gasteiger partial charge in [0.2, 0.25) is 0 Å². The first-order valence-electron chi connectivity index (χ1n) is 9.07. The molecule has 1 N–H and O–H groups in total. The Bertz CT molecular complexity index is 193. The van der Waals surface area contributed by atoms with Gasteiger partial charge >= 0.3 is 75.5 Å². The van der Waals surface area contributed by atoms with Gasteiger partial charge in [-0.15, -0.1) is 0 Å². The van der Waals surface area contributed by atoms with Gasteiger partial charge in [0.15, 0.2) is 0 Å². The maximum absolute atomic E-state index is 10.7. The van der Waals surface area contributed by atoms with E-state index in [9.17, 15) is 4.79 Å². The van der Waals surface area contributed by atoms with Gasteiger partial charge in [-0.1, -0.05) is 39.5 Å². The number of hydrogen-bond acceptors (Lipinski definition) is 1. The molecule has 0 aromatic heterocycles. The van der Waals surface area contributed by atoms with E-state index in [1.807, 2.05) is 0 Å². The number of rotatable bonds is 13. The van der Waals surface area contributed by atoms with Gasteiger partial charge in [0.1, 0.15) is 0 Å². The van der Waals surface area contributed by atoms with Gasteiger partial charge in [0, 0.05) is 0 Å². The molecule has 0 rings (SSSR count). The molecule has 0 aliphatic heterocycles. The molecule has 0 aromatic rings. The van der Waals surface area contributed by atoms with Crippen molar-refractivity contribution in [2.75, 3.05) is 0 Å². The van der Waals surface area contributed by atoms with Gasteiger partial charge in [-0.25, -0.2) is 0 Å². The van der Waals surface area contributed by atoms with Crippen molar-refractivity contribution >= 4 is 27.1 Å². The molecule has 0 saturated heterocycles. The summed E-state index contributed by atoms with van der Waals surface area (Å²) in [6.45, 7) is 8.77. The predicted octanol–water partition coefficient (Wildman–Crippen LogP) is 6.20. The summed E-state index contributed by atoms with van der Waals surface area (Å²) in [5.74, 6) is -0.707. The van der Waals surface area contributed by atoms with Crippen molar-refractivity contribution in [1.82, 2.24) is 0 Å². The third-order valence-electron chi connectivity index (χ3n) is 3.58. The first kappa shape index (κ1) is 23.5. The minimum atomic E-state index is -0.614. The second-order valence-corrected chi connectivity index (χ2v) is 10.1. The Morgan fingerprint density at radius 3 is 1.48 bits per heavy atom. The fourth-order valence-electron chi connectivity index (χ4n) is 2.02. The first-order chi connectivity index (χ1) is 10.1. The van der Waals surface area contributed by atoms with Gasteiger partial charge in [-0.05, 0) is 12.8 Å². The van der Waals surface area contributed by atoms with Gasteiger partial charge in [0.05, 0.1) is 5.92 Å². The molecule has 21 heavy (non-hydrogen) atoms. The van der Waals surface area contributed by atoms with Crippen LogP contribution in [0.5, 0.6) is 0 Å². The number of carboxylic acid groups (broad SMARTS) is 1. The van der Waals surface area contributed by atoms with E-state index < -0.39 is 5.97 Å². The van der Waals surface area contributed by atoms with Crippen molar-refractivity contribution in [3.05, 3.63) is 0 Å². The molecule has 0 aliphatic carbocycles. The molecular weight excluding hydrogens is 367 g/mol. The minimum absolute atomic E-state index is 0.0927. The average molecular weight is 405 g/mol. The SMILES string of the molecule is CCCCC(CCCC)C(=O)O.CCC[CH2][Sn][CH2]CCC. The van der Waals surface area contributed by atoms with Crippen LogP contribution in [-0.4, -0.2) is 32.2 Å². The zero-order chi connectivity index (χ0) is 16.3. The Labute approximate surface area is 143 Å². The van der Waals surface area contributed by atoms with E-state index in [-0.39, 0.29) is 27.1 Å². The van der Waals surface area contributed by atoms with E-state index in [1.165, 1.54) is 25.7 Å². The number of carbonyl (C=O) groups is 1. The molecule has 0 amide bonds. The molecular formula is C18H38O2Sn. The zero-order valence-electron chi connectivity index (χ0n) is 14.9. The fourth-order valence-corrected chi connectivity index (χ4v) is 6.18. The van der Waals surface area contributed by atoms with Crippen LogP contribution in [0.3, 0.4) is 0 Å². The number of carboxylic acids is 1. The van der Waals surface area contributed by atoms with Crippen LogP contribution in [0.25, 0.3) is 0 Å². The molecule has 3 heteroatoms. The van der Waals surface area contributed by atoms with Gasteiger partial charge < -0.3 is 5.11 Å². The van der Waals surface area contributed by atoms with E-state index >= 15 is 0 Å². The fraction of sp³-hybridized carbons (Fsp3) is 0.944. The summed E-state index contributed by atoms with van der Waals surface area (Å²) in [5, 5.41) is 8.83. The van der Waals surface area contributed by atoms with Gasteiger partial charge in [-0.3, -0.25) is 4.79 Å². The number of aliphatic carboxylic acids is 1. The molecule has 0 saturated carbocycles. The topological polar surface area (TPSA) is 37.3 Å². The summed E-state index contributed by atoms with van der Waals surface area (Å²) in [7, 11) is 0. The van der Waals surface area contributed by atoms with Crippen molar-refractivity contribution in [3.8, 4) is 0 Å². The molecule has 2 radical (unpaired) electrons. The Hall–Kier alpha value is 0.269. The van der Waals surface area contributed by atoms with E-state index in [0.29, 0.717) is 0 Å². The third kappa shape index (κ3) is 20.3. The molecule has 0 fully saturated rings. The average Bonchev–Trinajstić information content (AvgIpc) is 2.47. The summed E-state index contributed by atoms with van der Waals surface area (Å²) in [6, 6.07) is 0. The molecule has 0 spiro atoms. The zero-order valence-corrected chi connectivity index (χ0v) is 17.8. The van der Waals surface area contributed by atoms with Crippen LogP contribution in [-0.2, 0) is 4.79 Å². The van der Waals surface area contributed by atoms with Crippen LogP contribution >= 0.6 is 0 Å². The normalized spacial score (nSPS) is 10.3. The second-order valence-electron chi connectivity index (χ2n) is 5.78. The van der Waals surface area contributed by atoms with Crippen LogP contribution in [0.2, 0.25) is 8.87 Å². The van der Waals surface area contributed by atoms with E-state index in [0.717, 1.165) is 38.5 Å². The Morgan fingerprint density at radius 2 is 1.19 bits per heavy atom. The molecule has 126 valence electrons. The quantitative estimate of drug-likeness (QED) is 0.293.